The zero-order valence-electron chi connectivity index (χ0n) is 11.3. The predicted octanol–water partition coefficient (Wildman–Crippen LogP) is 3.49. The van der Waals surface area contributed by atoms with Gasteiger partial charge in [0.05, 0.1) is 5.60 Å². The highest BCUT2D eigenvalue weighted by molar-refractivity contribution is 7.17. The van der Waals surface area contributed by atoms with Crippen LogP contribution in [-0.2, 0) is 6.54 Å². The second kappa shape index (κ2) is 5.39. The molecule has 1 N–H and O–H groups in total. The van der Waals surface area contributed by atoms with Crippen molar-refractivity contribution in [2.75, 3.05) is 13.1 Å². The molecule has 0 unspecified atom stereocenters. The van der Waals surface area contributed by atoms with E-state index in [0.717, 1.165) is 13.1 Å². The molecule has 0 atom stereocenters. The molecule has 0 aliphatic heterocycles. The fraction of sp³-hybridized carbons (Fsp3) is 0.467. The van der Waals surface area contributed by atoms with Crippen molar-refractivity contribution >= 4 is 21.4 Å². The maximum absolute atomic E-state index is 9.92. The molecule has 0 saturated carbocycles. The van der Waals surface area contributed by atoms with E-state index in [9.17, 15) is 5.11 Å². The average molecular weight is 263 g/mol. The standard InChI is InChI=1S/C15H21NOS/c1-4-16(11-15(2,3)17)9-12-10-18-14-8-6-5-7-13(12)14/h5-8,10,17H,4,9,11H2,1-3H3. The molecule has 0 spiro atoms. The average Bonchev–Trinajstić information content (AvgIpc) is 2.70. The predicted molar refractivity (Wildman–Crippen MR) is 79.1 cm³/mol. The molecule has 2 nitrogen and oxygen atoms in total. The molecule has 1 heterocycles. The molecule has 3 heteroatoms. The number of fused-ring (bicyclic) bond motifs is 1. The summed E-state index contributed by atoms with van der Waals surface area (Å²) in [6.07, 6.45) is 0. The summed E-state index contributed by atoms with van der Waals surface area (Å²) in [5.41, 5.74) is 0.726. The summed E-state index contributed by atoms with van der Waals surface area (Å²) in [4.78, 5) is 2.29. The number of rotatable bonds is 5. The summed E-state index contributed by atoms with van der Waals surface area (Å²) in [5, 5.41) is 13.5. The Labute approximate surface area is 113 Å². The zero-order valence-corrected chi connectivity index (χ0v) is 12.1. The summed E-state index contributed by atoms with van der Waals surface area (Å²) in [6, 6.07) is 8.51. The van der Waals surface area contributed by atoms with Crippen LogP contribution in [0.4, 0.5) is 0 Å². The maximum Gasteiger partial charge on any atom is 0.0718 e. The van der Waals surface area contributed by atoms with Gasteiger partial charge in [-0.1, -0.05) is 25.1 Å². The largest absolute Gasteiger partial charge is 0.389 e. The first-order valence-electron chi connectivity index (χ1n) is 6.39. The second-order valence-electron chi connectivity index (χ2n) is 5.37. The number of thiophene rings is 1. The summed E-state index contributed by atoms with van der Waals surface area (Å²) in [6.45, 7) is 8.43. The number of nitrogens with zero attached hydrogens (tertiary/aromatic N) is 1. The number of benzene rings is 1. The van der Waals surface area contributed by atoms with Gasteiger partial charge in [0.1, 0.15) is 0 Å². The van der Waals surface area contributed by atoms with Crippen LogP contribution in [0.2, 0.25) is 0 Å². The van der Waals surface area contributed by atoms with Crippen molar-refractivity contribution in [2.45, 2.75) is 32.9 Å². The number of likely N-dealkylation sites (N-methyl/N-ethyl adjacent to an activating group) is 1. The molecule has 98 valence electrons. The quantitative estimate of drug-likeness (QED) is 0.892. The van der Waals surface area contributed by atoms with E-state index >= 15 is 0 Å². The molecule has 18 heavy (non-hydrogen) atoms. The minimum Gasteiger partial charge on any atom is -0.389 e. The van der Waals surface area contributed by atoms with Gasteiger partial charge in [0, 0.05) is 17.8 Å². The molecule has 1 aromatic carbocycles. The molecular formula is C15H21NOS. The van der Waals surface area contributed by atoms with Crippen molar-refractivity contribution < 1.29 is 5.11 Å². The van der Waals surface area contributed by atoms with Gasteiger partial charge >= 0.3 is 0 Å². The Morgan fingerprint density at radius 3 is 2.67 bits per heavy atom. The van der Waals surface area contributed by atoms with Crippen LogP contribution in [0.5, 0.6) is 0 Å². The van der Waals surface area contributed by atoms with E-state index in [1.54, 1.807) is 11.3 Å². The zero-order chi connectivity index (χ0) is 13.2. The van der Waals surface area contributed by atoms with E-state index in [2.05, 4.69) is 41.5 Å². The van der Waals surface area contributed by atoms with Crippen LogP contribution in [0.15, 0.2) is 29.6 Å². The number of hydrogen-bond acceptors (Lipinski definition) is 3. The summed E-state index contributed by atoms with van der Waals surface area (Å²) >= 11 is 1.80. The fourth-order valence-corrected chi connectivity index (χ4v) is 3.18. The van der Waals surface area contributed by atoms with Crippen molar-refractivity contribution in [1.82, 2.24) is 4.90 Å². The summed E-state index contributed by atoms with van der Waals surface area (Å²) in [7, 11) is 0. The fourth-order valence-electron chi connectivity index (χ4n) is 2.22. The summed E-state index contributed by atoms with van der Waals surface area (Å²) in [5.74, 6) is 0. The topological polar surface area (TPSA) is 23.5 Å². The first-order chi connectivity index (χ1) is 8.49. The van der Waals surface area contributed by atoms with Crippen LogP contribution in [0.25, 0.3) is 10.1 Å². The van der Waals surface area contributed by atoms with Gasteiger partial charge in [-0.2, -0.15) is 0 Å². The molecule has 2 rings (SSSR count). The van der Waals surface area contributed by atoms with Gasteiger partial charge in [-0.25, -0.2) is 0 Å². The third-order valence-electron chi connectivity index (χ3n) is 3.01. The van der Waals surface area contributed by atoms with Crippen molar-refractivity contribution in [1.29, 1.82) is 0 Å². The van der Waals surface area contributed by atoms with Crippen molar-refractivity contribution in [3.05, 3.63) is 35.2 Å². The first-order valence-corrected chi connectivity index (χ1v) is 7.27. The second-order valence-corrected chi connectivity index (χ2v) is 6.28. The van der Waals surface area contributed by atoms with Crippen LogP contribution in [0.3, 0.4) is 0 Å². The third kappa shape index (κ3) is 3.31. The number of hydrogen-bond donors (Lipinski definition) is 1. The lowest BCUT2D eigenvalue weighted by Gasteiger charge is -2.27. The minimum atomic E-state index is -0.637. The maximum atomic E-state index is 9.92. The molecule has 0 bridgehead atoms. The lowest BCUT2D eigenvalue weighted by Crippen LogP contribution is -2.38. The van der Waals surface area contributed by atoms with Crippen molar-refractivity contribution in [2.24, 2.45) is 0 Å². The molecule has 0 fully saturated rings. The minimum absolute atomic E-state index is 0.637. The van der Waals surface area contributed by atoms with Crippen molar-refractivity contribution in [3.63, 3.8) is 0 Å². The Bertz CT molecular complexity index is 512. The lowest BCUT2D eigenvalue weighted by molar-refractivity contribution is 0.0355. The highest BCUT2D eigenvalue weighted by Crippen LogP contribution is 2.26. The van der Waals surface area contributed by atoms with E-state index in [0.29, 0.717) is 6.54 Å². The van der Waals surface area contributed by atoms with Gasteiger partial charge in [-0.15, -0.1) is 11.3 Å². The van der Waals surface area contributed by atoms with Gasteiger partial charge in [0.25, 0.3) is 0 Å². The van der Waals surface area contributed by atoms with Crippen LogP contribution in [-0.4, -0.2) is 28.7 Å². The van der Waals surface area contributed by atoms with Crippen molar-refractivity contribution in [3.8, 4) is 0 Å². The number of aliphatic hydroxyl groups is 1. The Hall–Kier alpha value is -0.900. The smallest absolute Gasteiger partial charge is 0.0718 e. The Morgan fingerprint density at radius 2 is 2.00 bits per heavy atom. The Balaban J connectivity index is 2.17. The van der Waals surface area contributed by atoms with Gasteiger partial charge < -0.3 is 5.11 Å². The Kier molecular flexibility index (Phi) is 4.05. The molecule has 0 aliphatic rings. The van der Waals surface area contributed by atoms with Crippen LogP contribution < -0.4 is 0 Å². The molecule has 0 radical (unpaired) electrons. The monoisotopic (exact) mass is 263 g/mol. The van der Waals surface area contributed by atoms with Gasteiger partial charge in [0.15, 0.2) is 0 Å². The van der Waals surface area contributed by atoms with Gasteiger partial charge in [-0.3, -0.25) is 4.90 Å². The SMILES string of the molecule is CCN(Cc1csc2ccccc12)CC(C)(C)O. The van der Waals surface area contributed by atoms with Crippen LogP contribution in [0, 0.1) is 0 Å². The molecule has 0 aliphatic carbocycles. The third-order valence-corrected chi connectivity index (χ3v) is 4.03. The lowest BCUT2D eigenvalue weighted by atomic mass is 10.1. The first kappa shape index (κ1) is 13.5. The van der Waals surface area contributed by atoms with E-state index in [-0.39, 0.29) is 0 Å². The molecule has 0 saturated heterocycles. The van der Waals surface area contributed by atoms with E-state index in [1.807, 2.05) is 13.8 Å². The summed E-state index contributed by atoms with van der Waals surface area (Å²) < 4.78 is 1.34. The van der Waals surface area contributed by atoms with E-state index in [1.165, 1.54) is 15.6 Å². The highest BCUT2D eigenvalue weighted by Gasteiger charge is 2.18. The Morgan fingerprint density at radius 1 is 1.28 bits per heavy atom. The molecular weight excluding hydrogens is 242 g/mol. The van der Waals surface area contributed by atoms with Crippen LogP contribution in [0.1, 0.15) is 26.3 Å². The molecule has 1 aromatic heterocycles. The van der Waals surface area contributed by atoms with Gasteiger partial charge in [0.2, 0.25) is 0 Å². The van der Waals surface area contributed by atoms with Gasteiger partial charge in [-0.05, 0) is 42.8 Å². The van der Waals surface area contributed by atoms with Crippen LogP contribution >= 0.6 is 11.3 Å². The molecule has 0 amide bonds. The normalized spacial score (nSPS) is 12.5. The van der Waals surface area contributed by atoms with E-state index < -0.39 is 5.60 Å². The highest BCUT2D eigenvalue weighted by atomic mass is 32.1. The van der Waals surface area contributed by atoms with E-state index in [4.69, 9.17) is 0 Å². The molecule has 2 aromatic rings.